The number of nitrogens with one attached hydrogen (secondary N) is 1. The van der Waals surface area contributed by atoms with Crippen molar-refractivity contribution in [3.05, 3.63) is 81.1 Å². The van der Waals surface area contributed by atoms with Crippen LogP contribution in [-0.2, 0) is 4.79 Å². The molecule has 1 aliphatic heterocycles. The van der Waals surface area contributed by atoms with Crippen molar-refractivity contribution in [3.8, 4) is 5.69 Å². The maximum Gasteiger partial charge on any atom is 0.271 e. The Morgan fingerprint density at radius 3 is 2.42 bits per heavy atom. The van der Waals surface area contributed by atoms with Crippen molar-refractivity contribution in [2.75, 3.05) is 23.3 Å². The zero-order valence-electron chi connectivity index (χ0n) is 16.4. The Balaban J connectivity index is 1.43. The van der Waals surface area contributed by atoms with Gasteiger partial charge in [0, 0.05) is 29.5 Å². The minimum Gasteiger partial charge on any atom is -0.355 e. The molecule has 6 nitrogen and oxygen atoms in total. The molecule has 1 N–H and O–H groups in total. The Bertz CT molecular complexity index is 1160. The summed E-state index contributed by atoms with van der Waals surface area (Å²) in [5.74, 6) is -0.752. The number of nitrogens with zero attached hydrogens (tertiary/aromatic N) is 3. The van der Waals surface area contributed by atoms with Crippen LogP contribution in [0.2, 0.25) is 0 Å². The second-order valence-electron chi connectivity index (χ2n) is 7.29. The molecule has 1 aromatic heterocycles. The molecular formula is C22H19BrF2N4O2. The van der Waals surface area contributed by atoms with E-state index in [0.717, 1.165) is 0 Å². The summed E-state index contributed by atoms with van der Waals surface area (Å²) in [6, 6.07) is 13.1. The molecule has 1 aliphatic rings. The van der Waals surface area contributed by atoms with Crippen molar-refractivity contribution >= 4 is 33.3 Å². The zero-order chi connectivity index (χ0) is 22.0. The van der Waals surface area contributed by atoms with Crippen molar-refractivity contribution in [1.29, 1.82) is 0 Å². The van der Waals surface area contributed by atoms with Gasteiger partial charge >= 0.3 is 0 Å². The summed E-state index contributed by atoms with van der Waals surface area (Å²) < 4.78 is 29.0. The largest absolute Gasteiger partial charge is 0.355 e. The van der Waals surface area contributed by atoms with Crippen LogP contribution in [0.1, 0.15) is 12.8 Å². The van der Waals surface area contributed by atoms with Gasteiger partial charge in [0.05, 0.1) is 11.4 Å². The summed E-state index contributed by atoms with van der Waals surface area (Å²) in [5, 5.41) is 7.07. The van der Waals surface area contributed by atoms with Gasteiger partial charge in [0.2, 0.25) is 5.91 Å². The first-order chi connectivity index (χ1) is 14.9. The van der Waals surface area contributed by atoms with Gasteiger partial charge in [-0.1, -0.05) is 15.9 Å². The second-order valence-corrected chi connectivity index (χ2v) is 8.21. The van der Waals surface area contributed by atoms with E-state index in [-0.39, 0.29) is 23.1 Å². The van der Waals surface area contributed by atoms with Crippen LogP contribution in [-0.4, -0.2) is 28.8 Å². The fraction of sp³-hybridized carbons (Fsp3) is 0.227. The van der Waals surface area contributed by atoms with Crippen LogP contribution in [0.4, 0.5) is 20.3 Å². The number of aromatic nitrogens is 2. The molecule has 0 spiro atoms. The van der Waals surface area contributed by atoms with E-state index in [0.29, 0.717) is 41.9 Å². The molecule has 4 rings (SSSR count). The lowest BCUT2D eigenvalue weighted by molar-refractivity contribution is -0.120. The first-order valence-electron chi connectivity index (χ1n) is 9.78. The standard InChI is InChI=1S/C22H19BrF2N4O2/c23-15-1-6-19(18(25)13-15)26-22(31)14-9-11-28(12-10-14)20-7-8-21(30)29(27-20)17-4-2-16(24)3-5-17/h1-8,13-14H,9-12H2,(H,26,31). The van der Waals surface area contributed by atoms with Crippen molar-refractivity contribution < 1.29 is 13.6 Å². The molecule has 2 heterocycles. The molecule has 3 aromatic rings. The number of halogens is 3. The zero-order valence-corrected chi connectivity index (χ0v) is 18.0. The van der Waals surface area contributed by atoms with Crippen LogP contribution in [0.5, 0.6) is 0 Å². The molecule has 0 saturated carbocycles. The lowest BCUT2D eigenvalue weighted by atomic mass is 9.96. The first kappa shape index (κ1) is 21.2. The summed E-state index contributed by atoms with van der Waals surface area (Å²) in [4.78, 5) is 26.8. The molecule has 160 valence electrons. The third kappa shape index (κ3) is 4.82. The van der Waals surface area contributed by atoms with E-state index >= 15 is 0 Å². The number of carbonyl (C=O) groups excluding carboxylic acids is 1. The van der Waals surface area contributed by atoms with Gasteiger partial charge in [0.15, 0.2) is 0 Å². The molecule has 0 atom stereocenters. The molecule has 31 heavy (non-hydrogen) atoms. The molecule has 1 saturated heterocycles. The van der Waals surface area contributed by atoms with Gasteiger partial charge in [0.25, 0.3) is 5.56 Å². The molecule has 1 amide bonds. The number of hydrogen-bond donors (Lipinski definition) is 1. The highest BCUT2D eigenvalue weighted by Gasteiger charge is 2.26. The molecule has 0 aliphatic carbocycles. The average molecular weight is 489 g/mol. The minimum atomic E-state index is -0.493. The number of anilines is 2. The van der Waals surface area contributed by atoms with Crippen molar-refractivity contribution in [3.63, 3.8) is 0 Å². The van der Waals surface area contributed by atoms with E-state index in [2.05, 4.69) is 26.3 Å². The Morgan fingerprint density at radius 2 is 1.74 bits per heavy atom. The highest BCUT2D eigenvalue weighted by atomic mass is 79.9. The van der Waals surface area contributed by atoms with Crippen LogP contribution in [0.25, 0.3) is 5.69 Å². The summed E-state index contributed by atoms with van der Waals surface area (Å²) in [6.45, 7) is 1.13. The Labute approximate surface area is 185 Å². The SMILES string of the molecule is O=C(Nc1ccc(Br)cc1F)C1CCN(c2ccc(=O)n(-c3ccc(F)cc3)n2)CC1. The molecule has 0 bridgehead atoms. The normalized spacial score (nSPS) is 14.5. The first-order valence-corrected chi connectivity index (χ1v) is 10.6. The third-order valence-corrected chi connectivity index (χ3v) is 5.73. The van der Waals surface area contributed by atoms with Crippen molar-refractivity contribution in [1.82, 2.24) is 9.78 Å². The van der Waals surface area contributed by atoms with Crippen LogP contribution < -0.4 is 15.8 Å². The molecule has 2 aromatic carbocycles. The Kier molecular flexibility index (Phi) is 6.13. The van der Waals surface area contributed by atoms with Crippen molar-refractivity contribution in [2.24, 2.45) is 5.92 Å². The second kappa shape index (κ2) is 8.97. The fourth-order valence-electron chi connectivity index (χ4n) is 3.53. The van der Waals surface area contributed by atoms with E-state index in [1.165, 1.54) is 47.1 Å². The maximum atomic E-state index is 14.0. The van der Waals surface area contributed by atoms with Crippen LogP contribution in [0.3, 0.4) is 0 Å². The highest BCUT2D eigenvalue weighted by Crippen LogP contribution is 2.25. The smallest absolute Gasteiger partial charge is 0.271 e. The summed E-state index contributed by atoms with van der Waals surface area (Å²) in [7, 11) is 0. The number of rotatable bonds is 4. The van der Waals surface area contributed by atoms with Crippen LogP contribution >= 0.6 is 15.9 Å². The highest BCUT2D eigenvalue weighted by molar-refractivity contribution is 9.10. The van der Waals surface area contributed by atoms with Gasteiger partial charge in [-0.15, -0.1) is 5.10 Å². The average Bonchev–Trinajstić information content (AvgIpc) is 2.77. The van der Waals surface area contributed by atoms with Gasteiger partial charge in [-0.25, -0.2) is 8.78 Å². The molecule has 9 heteroatoms. The number of amides is 1. The van der Waals surface area contributed by atoms with E-state index in [4.69, 9.17) is 0 Å². The number of piperidine rings is 1. The minimum absolute atomic E-state index is 0.156. The number of hydrogen-bond acceptors (Lipinski definition) is 4. The van der Waals surface area contributed by atoms with E-state index in [1.807, 2.05) is 4.90 Å². The van der Waals surface area contributed by atoms with Gasteiger partial charge in [-0.2, -0.15) is 4.68 Å². The monoisotopic (exact) mass is 488 g/mol. The topological polar surface area (TPSA) is 67.2 Å². The Hall–Kier alpha value is -3.07. The predicted octanol–water partition coefficient (Wildman–Crippen LogP) is 4.13. The van der Waals surface area contributed by atoms with Gasteiger partial charge in [-0.3, -0.25) is 9.59 Å². The molecule has 0 radical (unpaired) electrons. The van der Waals surface area contributed by atoms with Gasteiger partial charge in [0.1, 0.15) is 17.5 Å². The van der Waals surface area contributed by atoms with E-state index in [1.54, 1.807) is 12.1 Å². The third-order valence-electron chi connectivity index (χ3n) is 5.24. The van der Waals surface area contributed by atoms with Crippen LogP contribution in [0, 0.1) is 17.6 Å². The maximum absolute atomic E-state index is 14.0. The Morgan fingerprint density at radius 1 is 1.03 bits per heavy atom. The predicted molar refractivity (Wildman–Crippen MR) is 117 cm³/mol. The summed E-state index contributed by atoms with van der Waals surface area (Å²) in [5.41, 5.74) is 0.309. The fourth-order valence-corrected chi connectivity index (χ4v) is 3.87. The lowest BCUT2D eigenvalue weighted by Gasteiger charge is -2.32. The van der Waals surface area contributed by atoms with E-state index < -0.39 is 11.6 Å². The molecule has 0 unspecified atom stereocenters. The lowest BCUT2D eigenvalue weighted by Crippen LogP contribution is -2.39. The van der Waals surface area contributed by atoms with Crippen LogP contribution in [0.15, 0.2) is 63.9 Å². The molecule has 1 fully saturated rings. The van der Waals surface area contributed by atoms with Gasteiger partial charge < -0.3 is 10.2 Å². The quantitative estimate of drug-likeness (QED) is 0.599. The van der Waals surface area contributed by atoms with Gasteiger partial charge in [-0.05, 0) is 61.4 Å². The van der Waals surface area contributed by atoms with Crippen molar-refractivity contribution in [2.45, 2.75) is 12.8 Å². The number of benzene rings is 2. The summed E-state index contributed by atoms with van der Waals surface area (Å²) in [6.07, 6.45) is 1.14. The summed E-state index contributed by atoms with van der Waals surface area (Å²) >= 11 is 3.19. The van der Waals surface area contributed by atoms with E-state index in [9.17, 15) is 18.4 Å². The number of carbonyl (C=O) groups is 1. The molecular weight excluding hydrogens is 470 g/mol.